The minimum absolute atomic E-state index is 0.0271. The summed E-state index contributed by atoms with van der Waals surface area (Å²) in [5, 5.41) is 2.74. The first-order valence-electron chi connectivity index (χ1n) is 9.45. The normalized spacial score (nSPS) is 12.0. The Morgan fingerprint density at radius 3 is 2.07 bits per heavy atom. The van der Waals surface area contributed by atoms with E-state index in [1.807, 2.05) is 30.3 Å². The fourth-order valence-corrected chi connectivity index (χ4v) is 2.68. The highest BCUT2D eigenvalue weighted by Crippen LogP contribution is 2.13. The van der Waals surface area contributed by atoms with Crippen LogP contribution in [0.25, 0.3) is 0 Å². The molecule has 29 heavy (non-hydrogen) atoms. The lowest BCUT2D eigenvalue weighted by Gasteiger charge is -2.23. The van der Waals surface area contributed by atoms with E-state index in [9.17, 15) is 14.4 Å². The van der Waals surface area contributed by atoms with E-state index in [0.717, 1.165) is 5.56 Å². The lowest BCUT2D eigenvalue weighted by atomic mass is 10.00. The zero-order chi connectivity index (χ0) is 21.4. The number of benzene rings is 2. The molecule has 0 aliphatic carbocycles. The quantitative estimate of drug-likeness (QED) is 0.566. The molecule has 6 nitrogen and oxygen atoms in total. The van der Waals surface area contributed by atoms with Gasteiger partial charge >= 0.3 is 12.1 Å². The minimum Gasteiger partial charge on any atom is -0.464 e. The summed E-state index contributed by atoms with van der Waals surface area (Å²) in [4.78, 5) is 35.8. The molecule has 0 fully saturated rings. The van der Waals surface area contributed by atoms with Crippen molar-refractivity contribution in [1.82, 2.24) is 5.32 Å². The zero-order valence-corrected chi connectivity index (χ0v) is 17.2. The summed E-state index contributed by atoms with van der Waals surface area (Å²) in [7, 11) is 0. The first-order chi connectivity index (χ1) is 13.6. The van der Waals surface area contributed by atoms with E-state index in [4.69, 9.17) is 9.47 Å². The highest BCUT2D eigenvalue weighted by molar-refractivity contribution is 6.08. The molecular weight excluding hydrogens is 370 g/mol. The molecule has 1 unspecified atom stereocenters. The molecule has 2 aromatic carbocycles. The van der Waals surface area contributed by atoms with Crippen LogP contribution >= 0.6 is 0 Å². The van der Waals surface area contributed by atoms with Crippen molar-refractivity contribution in [2.45, 2.75) is 45.8 Å². The second kappa shape index (κ2) is 9.87. The van der Waals surface area contributed by atoms with Gasteiger partial charge in [-0.3, -0.25) is 9.59 Å². The van der Waals surface area contributed by atoms with Crippen LogP contribution in [0.2, 0.25) is 0 Å². The Kier molecular flexibility index (Phi) is 7.53. The second-order valence-electron chi connectivity index (χ2n) is 7.74. The Labute approximate surface area is 171 Å². The summed E-state index contributed by atoms with van der Waals surface area (Å²) in [6.07, 6.45) is -0.155. The van der Waals surface area contributed by atoms with Gasteiger partial charge in [0.2, 0.25) is 0 Å². The molecule has 0 aliphatic rings. The van der Waals surface area contributed by atoms with E-state index in [1.165, 1.54) is 6.92 Å². The Morgan fingerprint density at radius 2 is 1.52 bits per heavy atom. The average molecular weight is 397 g/mol. The van der Waals surface area contributed by atoms with Crippen LogP contribution in [0.3, 0.4) is 0 Å². The third-order valence-electron chi connectivity index (χ3n) is 3.94. The van der Waals surface area contributed by atoms with Gasteiger partial charge in [0.25, 0.3) is 0 Å². The number of hydrogen-bond acceptors (Lipinski definition) is 5. The number of hydrogen-bond donors (Lipinski definition) is 1. The number of ether oxygens (including phenoxy) is 2. The summed E-state index contributed by atoms with van der Waals surface area (Å²) in [6.45, 7) is 6.66. The smallest absolute Gasteiger partial charge is 0.408 e. The van der Waals surface area contributed by atoms with Gasteiger partial charge in [-0.25, -0.2) is 4.79 Å². The van der Waals surface area contributed by atoms with Crippen LogP contribution in [0.4, 0.5) is 4.79 Å². The second-order valence-corrected chi connectivity index (χ2v) is 7.74. The van der Waals surface area contributed by atoms with E-state index >= 15 is 0 Å². The van der Waals surface area contributed by atoms with Crippen molar-refractivity contribution in [2.24, 2.45) is 0 Å². The Hall–Kier alpha value is -3.15. The van der Waals surface area contributed by atoms with Crippen molar-refractivity contribution in [3.8, 4) is 0 Å². The molecule has 154 valence electrons. The largest absolute Gasteiger partial charge is 0.464 e. The van der Waals surface area contributed by atoms with Gasteiger partial charge < -0.3 is 14.8 Å². The SMILES string of the molecule is CC(=O)OCC(Cc1ccc(C(=O)c2ccccc2)cc1)NC(=O)OC(C)(C)C. The number of amides is 1. The van der Waals surface area contributed by atoms with Crippen LogP contribution in [0.1, 0.15) is 49.2 Å². The van der Waals surface area contributed by atoms with Gasteiger partial charge in [-0.1, -0.05) is 54.6 Å². The third kappa shape index (κ3) is 7.78. The average Bonchev–Trinajstić information content (AvgIpc) is 2.65. The van der Waals surface area contributed by atoms with Crippen LogP contribution in [0, 0.1) is 0 Å². The molecule has 6 heteroatoms. The maximum atomic E-state index is 12.5. The molecule has 1 atom stereocenters. The zero-order valence-electron chi connectivity index (χ0n) is 17.2. The Balaban J connectivity index is 2.06. The van der Waals surface area contributed by atoms with E-state index in [-0.39, 0.29) is 12.4 Å². The third-order valence-corrected chi connectivity index (χ3v) is 3.94. The topological polar surface area (TPSA) is 81.7 Å². The standard InChI is InChI=1S/C23H27NO5/c1-16(25)28-15-20(24-22(27)29-23(2,3)4)14-17-10-12-19(13-11-17)21(26)18-8-6-5-7-9-18/h5-13,20H,14-15H2,1-4H3,(H,24,27). The number of carbonyl (C=O) groups excluding carboxylic acids is 3. The molecule has 0 aliphatic heterocycles. The molecule has 0 aromatic heterocycles. The molecule has 2 aromatic rings. The van der Waals surface area contributed by atoms with Gasteiger partial charge in [-0.15, -0.1) is 0 Å². The molecule has 0 radical (unpaired) electrons. The number of nitrogens with one attached hydrogen (secondary N) is 1. The van der Waals surface area contributed by atoms with Crippen LogP contribution in [0.15, 0.2) is 54.6 Å². The van der Waals surface area contributed by atoms with Crippen molar-refractivity contribution >= 4 is 17.8 Å². The number of rotatable bonds is 7. The molecule has 1 N–H and O–H groups in total. The molecule has 0 bridgehead atoms. The Bertz CT molecular complexity index is 838. The summed E-state index contributed by atoms with van der Waals surface area (Å²) in [5.74, 6) is -0.481. The number of esters is 1. The number of alkyl carbamates (subject to hydrolysis) is 1. The summed E-state index contributed by atoms with van der Waals surface area (Å²) in [6, 6.07) is 15.8. The van der Waals surface area contributed by atoms with E-state index < -0.39 is 23.7 Å². The first kappa shape index (κ1) is 22.1. The van der Waals surface area contributed by atoms with Crippen molar-refractivity contribution in [2.75, 3.05) is 6.61 Å². The van der Waals surface area contributed by atoms with Gasteiger partial charge in [0.15, 0.2) is 5.78 Å². The fraction of sp³-hybridized carbons (Fsp3) is 0.348. The van der Waals surface area contributed by atoms with Gasteiger partial charge in [-0.2, -0.15) is 0 Å². The minimum atomic E-state index is -0.629. The van der Waals surface area contributed by atoms with Crippen LogP contribution in [0.5, 0.6) is 0 Å². The molecule has 0 saturated heterocycles. The maximum absolute atomic E-state index is 12.5. The Morgan fingerprint density at radius 1 is 0.931 bits per heavy atom. The molecule has 0 spiro atoms. The van der Waals surface area contributed by atoms with Crippen molar-refractivity contribution < 1.29 is 23.9 Å². The molecule has 0 saturated carbocycles. The molecule has 0 heterocycles. The van der Waals surface area contributed by atoms with Gasteiger partial charge in [0.1, 0.15) is 12.2 Å². The highest BCUT2D eigenvalue weighted by atomic mass is 16.6. The summed E-state index contributed by atoms with van der Waals surface area (Å²) in [5.41, 5.74) is 1.47. The molecule has 2 rings (SSSR count). The fourth-order valence-electron chi connectivity index (χ4n) is 2.68. The predicted molar refractivity (Wildman–Crippen MR) is 110 cm³/mol. The molecule has 1 amide bonds. The summed E-state index contributed by atoms with van der Waals surface area (Å²) >= 11 is 0. The van der Waals surface area contributed by atoms with Gasteiger partial charge in [-0.05, 0) is 32.8 Å². The van der Waals surface area contributed by atoms with Gasteiger partial charge in [0, 0.05) is 18.1 Å². The van der Waals surface area contributed by atoms with E-state index in [0.29, 0.717) is 17.5 Å². The number of ketones is 1. The lowest BCUT2D eigenvalue weighted by Crippen LogP contribution is -2.43. The summed E-state index contributed by atoms with van der Waals surface area (Å²) < 4.78 is 10.3. The predicted octanol–water partition coefficient (Wildman–Crippen LogP) is 3.92. The van der Waals surface area contributed by atoms with Crippen molar-refractivity contribution in [3.63, 3.8) is 0 Å². The molecular formula is C23H27NO5. The van der Waals surface area contributed by atoms with E-state index in [2.05, 4.69) is 5.32 Å². The van der Waals surface area contributed by atoms with Crippen molar-refractivity contribution in [1.29, 1.82) is 0 Å². The number of carbonyl (C=O) groups is 3. The van der Waals surface area contributed by atoms with Crippen molar-refractivity contribution in [3.05, 3.63) is 71.3 Å². The highest BCUT2D eigenvalue weighted by Gasteiger charge is 2.21. The first-order valence-corrected chi connectivity index (χ1v) is 9.45. The lowest BCUT2D eigenvalue weighted by molar-refractivity contribution is -0.141. The van der Waals surface area contributed by atoms with Crippen LogP contribution in [-0.2, 0) is 20.7 Å². The van der Waals surface area contributed by atoms with Crippen LogP contribution in [-0.4, -0.2) is 36.1 Å². The van der Waals surface area contributed by atoms with Crippen LogP contribution < -0.4 is 5.32 Å². The monoisotopic (exact) mass is 397 g/mol. The van der Waals surface area contributed by atoms with Gasteiger partial charge in [0.05, 0.1) is 6.04 Å². The maximum Gasteiger partial charge on any atom is 0.408 e. The van der Waals surface area contributed by atoms with E-state index in [1.54, 1.807) is 45.0 Å².